The van der Waals surface area contributed by atoms with E-state index in [1.54, 1.807) is 0 Å². The van der Waals surface area contributed by atoms with Crippen LogP contribution in [0.1, 0.15) is 11.1 Å². The largest absolute Gasteiger partial charge is 0.270 e. The average Bonchev–Trinajstić information content (AvgIpc) is 3.22. The van der Waals surface area contributed by atoms with Gasteiger partial charge in [0.05, 0.1) is 11.1 Å². The molecule has 0 radical (unpaired) electrons. The molecule has 0 aliphatic heterocycles. The number of rotatable bonds is 1. The molecule has 3 heterocycles. The number of benzene rings is 2. The third kappa shape index (κ3) is 2.02. The second-order valence-corrected chi connectivity index (χ2v) is 7.00. The lowest BCUT2D eigenvalue weighted by atomic mass is 9.84. The van der Waals surface area contributed by atoms with Crippen LogP contribution in [0.25, 0.3) is 39.2 Å². The summed E-state index contributed by atoms with van der Waals surface area (Å²) in [6, 6.07) is 18.4. The molecule has 0 saturated carbocycles. The molecule has 6 heteroatoms. The van der Waals surface area contributed by atoms with E-state index < -0.39 is 0 Å². The second-order valence-electron chi connectivity index (χ2n) is 7.00. The molecule has 6 nitrogen and oxygen atoms in total. The van der Waals surface area contributed by atoms with E-state index in [1.807, 2.05) is 36.4 Å². The summed E-state index contributed by atoms with van der Waals surface area (Å²) >= 11 is 0. The SMILES string of the molecule is O=c1c2c(-c3ccccc3)c3c(nc2nc2[nH]ncn12)-c1ccccc1CC3. The van der Waals surface area contributed by atoms with Crippen LogP contribution in [0.3, 0.4) is 0 Å². The topological polar surface area (TPSA) is 75.9 Å². The number of aryl methyl sites for hydroxylation is 1. The van der Waals surface area contributed by atoms with E-state index >= 15 is 0 Å². The number of hydrogen-bond acceptors (Lipinski definition) is 4. The first-order chi connectivity index (χ1) is 13.8. The third-order valence-corrected chi connectivity index (χ3v) is 5.47. The lowest BCUT2D eigenvalue weighted by Gasteiger charge is -2.22. The highest BCUT2D eigenvalue weighted by molar-refractivity contribution is 5.98. The van der Waals surface area contributed by atoms with Crippen LogP contribution < -0.4 is 5.56 Å². The van der Waals surface area contributed by atoms with Gasteiger partial charge in [-0.25, -0.2) is 14.5 Å². The maximum absolute atomic E-state index is 13.3. The van der Waals surface area contributed by atoms with Crippen LogP contribution in [0, 0.1) is 0 Å². The molecule has 5 aromatic rings. The van der Waals surface area contributed by atoms with Gasteiger partial charge in [-0.2, -0.15) is 10.1 Å². The van der Waals surface area contributed by atoms with E-state index in [2.05, 4.69) is 33.4 Å². The predicted octanol–water partition coefficient (Wildman–Crippen LogP) is 3.40. The number of fused-ring (bicyclic) bond motifs is 5. The van der Waals surface area contributed by atoms with E-state index in [4.69, 9.17) is 4.98 Å². The van der Waals surface area contributed by atoms with Crippen molar-refractivity contribution in [3.63, 3.8) is 0 Å². The van der Waals surface area contributed by atoms with Crippen molar-refractivity contribution in [2.24, 2.45) is 0 Å². The summed E-state index contributed by atoms with van der Waals surface area (Å²) in [7, 11) is 0. The van der Waals surface area contributed by atoms with Crippen molar-refractivity contribution in [1.82, 2.24) is 24.6 Å². The molecule has 0 fully saturated rings. The van der Waals surface area contributed by atoms with Gasteiger partial charge in [-0.05, 0) is 29.5 Å². The van der Waals surface area contributed by atoms with E-state index in [1.165, 1.54) is 16.3 Å². The number of pyridine rings is 1. The fourth-order valence-corrected chi connectivity index (χ4v) is 4.21. The maximum atomic E-state index is 13.3. The molecule has 28 heavy (non-hydrogen) atoms. The second kappa shape index (κ2) is 5.60. The van der Waals surface area contributed by atoms with Gasteiger partial charge in [-0.15, -0.1) is 0 Å². The van der Waals surface area contributed by atoms with Crippen molar-refractivity contribution in [3.05, 3.63) is 82.4 Å². The number of nitrogens with zero attached hydrogens (tertiary/aromatic N) is 4. The molecule has 0 amide bonds. The molecule has 134 valence electrons. The van der Waals surface area contributed by atoms with Crippen molar-refractivity contribution in [2.45, 2.75) is 12.8 Å². The van der Waals surface area contributed by atoms with Gasteiger partial charge in [0, 0.05) is 11.1 Å². The maximum Gasteiger partial charge on any atom is 0.270 e. The summed E-state index contributed by atoms with van der Waals surface area (Å²) < 4.78 is 1.44. The Balaban J connectivity index is 1.84. The van der Waals surface area contributed by atoms with Crippen LogP contribution in [-0.4, -0.2) is 24.6 Å². The number of aromatic amines is 1. The molecule has 1 aliphatic carbocycles. The Kier molecular flexibility index (Phi) is 3.05. The van der Waals surface area contributed by atoms with E-state index in [0.29, 0.717) is 16.8 Å². The molecule has 0 bridgehead atoms. The van der Waals surface area contributed by atoms with Crippen LogP contribution in [0.4, 0.5) is 0 Å². The lowest BCUT2D eigenvalue weighted by molar-refractivity contribution is 0.931. The first kappa shape index (κ1) is 15.3. The highest BCUT2D eigenvalue weighted by Gasteiger charge is 2.25. The van der Waals surface area contributed by atoms with Crippen LogP contribution in [0.2, 0.25) is 0 Å². The van der Waals surface area contributed by atoms with Crippen molar-refractivity contribution in [2.75, 3.05) is 0 Å². The first-order valence-corrected chi connectivity index (χ1v) is 9.23. The van der Waals surface area contributed by atoms with Gasteiger partial charge >= 0.3 is 0 Å². The Morgan fingerprint density at radius 1 is 0.929 bits per heavy atom. The monoisotopic (exact) mass is 365 g/mol. The van der Waals surface area contributed by atoms with Crippen LogP contribution in [0.5, 0.6) is 0 Å². The Labute approximate surface area is 159 Å². The summed E-state index contributed by atoms with van der Waals surface area (Å²) in [6.45, 7) is 0. The Morgan fingerprint density at radius 2 is 1.75 bits per heavy atom. The Bertz CT molecular complexity index is 1430. The average molecular weight is 365 g/mol. The zero-order chi connectivity index (χ0) is 18.7. The van der Waals surface area contributed by atoms with Crippen LogP contribution in [-0.2, 0) is 12.8 Å². The molecule has 6 rings (SSSR count). The number of nitrogens with one attached hydrogen (secondary N) is 1. The minimum absolute atomic E-state index is 0.151. The first-order valence-electron chi connectivity index (χ1n) is 9.23. The summed E-state index contributed by atoms with van der Waals surface area (Å²) in [5.41, 5.74) is 6.67. The van der Waals surface area contributed by atoms with Gasteiger partial charge in [0.25, 0.3) is 5.56 Å². The number of aromatic nitrogens is 5. The quantitative estimate of drug-likeness (QED) is 0.494. The molecule has 3 aromatic heterocycles. The van der Waals surface area contributed by atoms with Gasteiger partial charge in [-0.1, -0.05) is 54.6 Å². The van der Waals surface area contributed by atoms with Gasteiger partial charge in [-0.3, -0.25) is 4.79 Å². The molecule has 1 aliphatic rings. The van der Waals surface area contributed by atoms with Gasteiger partial charge in [0.1, 0.15) is 6.33 Å². The number of H-pyrrole nitrogens is 1. The zero-order valence-electron chi connectivity index (χ0n) is 14.9. The van der Waals surface area contributed by atoms with E-state index in [9.17, 15) is 4.79 Å². The highest BCUT2D eigenvalue weighted by atomic mass is 16.1. The Hall–Kier alpha value is -3.80. The molecule has 2 aromatic carbocycles. The normalized spacial score (nSPS) is 12.9. The van der Waals surface area contributed by atoms with Gasteiger partial charge in [0.2, 0.25) is 5.78 Å². The molecule has 1 N–H and O–H groups in total. The molecule has 0 atom stereocenters. The molecule has 0 unspecified atom stereocenters. The van der Waals surface area contributed by atoms with Crippen molar-refractivity contribution < 1.29 is 0 Å². The van der Waals surface area contributed by atoms with E-state index in [-0.39, 0.29) is 5.56 Å². The van der Waals surface area contributed by atoms with Gasteiger partial charge < -0.3 is 0 Å². The summed E-state index contributed by atoms with van der Waals surface area (Å²) in [4.78, 5) is 22.8. The fraction of sp³-hybridized carbons (Fsp3) is 0.0909. The molecule has 0 saturated heterocycles. The Morgan fingerprint density at radius 3 is 2.64 bits per heavy atom. The van der Waals surface area contributed by atoms with E-state index in [0.717, 1.165) is 40.8 Å². The van der Waals surface area contributed by atoms with Crippen LogP contribution in [0.15, 0.2) is 65.7 Å². The predicted molar refractivity (Wildman–Crippen MR) is 107 cm³/mol. The summed E-state index contributed by atoms with van der Waals surface area (Å²) in [5.74, 6) is 0.396. The molecular weight excluding hydrogens is 350 g/mol. The third-order valence-electron chi connectivity index (χ3n) is 5.47. The van der Waals surface area contributed by atoms with Gasteiger partial charge in [0.15, 0.2) is 5.65 Å². The molecule has 0 spiro atoms. The smallest absolute Gasteiger partial charge is 0.268 e. The van der Waals surface area contributed by atoms with Crippen molar-refractivity contribution in [3.8, 4) is 22.4 Å². The standard InChI is InChI=1S/C22H15N5O/c28-21-18-17(14-7-2-1-3-8-14)16-11-10-13-6-4-5-9-15(13)19(16)24-20(18)25-22-26-23-12-27(21)22/h1-9,12H,10-11H2,(H,24,25,26). The summed E-state index contributed by atoms with van der Waals surface area (Å²) in [5, 5.41) is 7.29. The zero-order valence-corrected chi connectivity index (χ0v) is 14.9. The van der Waals surface area contributed by atoms with Crippen molar-refractivity contribution in [1.29, 1.82) is 0 Å². The minimum Gasteiger partial charge on any atom is -0.268 e. The molecular formula is C22H15N5O. The van der Waals surface area contributed by atoms with Crippen molar-refractivity contribution >= 4 is 16.8 Å². The fourth-order valence-electron chi connectivity index (χ4n) is 4.21. The van der Waals surface area contributed by atoms with Crippen LogP contribution >= 0.6 is 0 Å². The summed E-state index contributed by atoms with van der Waals surface area (Å²) in [6.07, 6.45) is 3.24. The lowest BCUT2D eigenvalue weighted by Crippen LogP contribution is -2.18. The number of hydrogen-bond donors (Lipinski definition) is 1. The minimum atomic E-state index is -0.151. The highest BCUT2D eigenvalue weighted by Crippen LogP contribution is 2.40.